The molecule has 2 aromatic rings. The Balaban J connectivity index is 2.00. The van der Waals surface area contributed by atoms with Gasteiger partial charge in [0.1, 0.15) is 12.2 Å². The molecular weight excluding hydrogens is 358 g/mol. The van der Waals surface area contributed by atoms with Gasteiger partial charge in [0, 0.05) is 18.3 Å². The summed E-state index contributed by atoms with van der Waals surface area (Å²) in [6, 6.07) is 8.24. The highest BCUT2D eigenvalue weighted by Gasteiger charge is 2.16. The zero-order chi connectivity index (χ0) is 19.2. The summed E-state index contributed by atoms with van der Waals surface area (Å²) in [5, 5.41) is 5.89. The Bertz CT molecular complexity index is 846. The van der Waals surface area contributed by atoms with Crippen molar-refractivity contribution in [2.45, 2.75) is 19.9 Å². The van der Waals surface area contributed by atoms with Crippen LogP contribution in [0.15, 0.2) is 41.0 Å². The molecule has 0 aliphatic heterocycles. The van der Waals surface area contributed by atoms with Gasteiger partial charge in [0.2, 0.25) is 10.0 Å². The van der Waals surface area contributed by atoms with Crippen molar-refractivity contribution < 1.29 is 22.4 Å². The smallest absolute Gasteiger partial charge is 0.297 e. The van der Waals surface area contributed by atoms with E-state index in [1.165, 1.54) is 18.4 Å². The zero-order valence-corrected chi connectivity index (χ0v) is 15.7. The minimum absolute atomic E-state index is 0.137. The summed E-state index contributed by atoms with van der Waals surface area (Å²) < 4.78 is 35.7. The van der Waals surface area contributed by atoms with Crippen LogP contribution >= 0.6 is 0 Å². The molecule has 2 rings (SSSR count). The Morgan fingerprint density at radius 3 is 2.65 bits per heavy atom. The molecule has 0 unspecified atom stereocenters. The number of benzene rings is 1. The molecule has 0 radical (unpaired) electrons. The van der Waals surface area contributed by atoms with E-state index in [4.69, 9.17) is 9.15 Å². The largest absolute Gasteiger partial charge is 0.463 e. The SMILES string of the molecule is CC(C)NCCOc1occc1C(=O)Nc1cccc(NS(C)(=O)=O)c1. The fraction of sp³-hybridized carbons (Fsp3) is 0.353. The van der Waals surface area contributed by atoms with Crippen molar-refractivity contribution in [3.8, 4) is 5.95 Å². The van der Waals surface area contributed by atoms with Gasteiger partial charge in [-0.15, -0.1) is 0 Å². The summed E-state index contributed by atoms with van der Waals surface area (Å²) in [5.41, 5.74) is 1.06. The van der Waals surface area contributed by atoms with Gasteiger partial charge in [-0.05, 0) is 24.3 Å². The van der Waals surface area contributed by atoms with Gasteiger partial charge < -0.3 is 19.8 Å². The van der Waals surface area contributed by atoms with Crippen LogP contribution in [0.5, 0.6) is 5.95 Å². The van der Waals surface area contributed by atoms with Crippen molar-refractivity contribution in [1.29, 1.82) is 0 Å². The number of hydrogen-bond donors (Lipinski definition) is 3. The predicted octanol–water partition coefficient (Wildman–Crippen LogP) is 2.28. The average molecular weight is 381 g/mol. The molecule has 0 aliphatic rings. The van der Waals surface area contributed by atoms with Gasteiger partial charge in [-0.25, -0.2) is 8.42 Å². The van der Waals surface area contributed by atoms with Gasteiger partial charge in [-0.2, -0.15) is 0 Å². The van der Waals surface area contributed by atoms with Gasteiger partial charge in [0.25, 0.3) is 11.9 Å². The monoisotopic (exact) mass is 381 g/mol. The third-order valence-electron chi connectivity index (χ3n) is 3.19. The van der Waals surface area contributed by atoms with E-state index in [-0.39, 0.29) is 11.5 Å². The maximum absolute atomic E-state index is 12.4. The highest BCUT2D eigenvalue weighted by molar-refractivity contribution is 7.92. The van der Waals surface area contributed by atoms with Crippen LogP contribution in [0.1, 0.15) is 24.2 Å². The number of anilines is 2. The van der Waals surface area contributed by atoms with Crippen LogP contribution in [-0.4, -0.2) is 39.8 Å². The number of carbonyl (C=O) groups is 1. The molecule has 1 aromatic heterocycles. The number of nitrogens with one attached hydrogen (secondary N) is 3. The average Bonchev–Trinajstić information content (AvgIpc) is 2.98. The number of hydrogen-bond acceptors (Lipinski definition) is 6. The van der Waals surface area contributed by atoms with E-state index in [1.54, 1.807) is 18.2 Å². The molecule has 3 N–H and O–H groups in total. The van der Waals surface area contributed by atoms with E-state index in [0.717, 1.165) is 6.26 Å². The Morgan fingerprint density at radius 2 is 1.96 bits per heavy atom. The fourth-order valence-corrected chi connectivity index (χ4v) is 2.69. The summed E-state index contributed by atoms with van der Waals surface area (Å²) >= 11 is 0. The van der Waals surface area contributed by atoms with Crippen molar-refractivity contribution in [1.82, 2.24) is 5.32 Å². The Hall–Kier alpha value is -2.52. The van der Waals surface area contributed by atoms with Crippen molar-refractivity contribution in [3.63, 3.8) is 0 Å². The normalized spacial score (nSPS) is 11.4. The minimum atomic E-state index is -3.40. The van der Waals surface area contributed by atoms with E-state index >= 15 is 0 Å². The van der Waals surface area contributed by atoms with Crippen molar-refractivity contribution >= 4 is 27.3 Å². The van der Waals surface area contributed by atoms with E-state index in [1.807, 2.05) is 13.8 Å². The topological polar surface area (TPSA) is 110 Å². The Labute approximate surface area is 153 Å². The lowest BCUT2D eigenvalue weighted by Crippen LogP contribution is -2.27. The predicted molar refractivity (Wildman–Crippen MR) is 100 cm³/mol. The number of rotatable bonds is 9. The van der Waals surface area contributed by atoms with E-state index in [0.29, 0.717) is 30.6 Å². The summed E-state index contributed by atoms with van der Waals surface area (Å²) in [6.07, 6.45) is 2.43. The summed E-state index contributed by atoms with van der Waals surface area (Å²) in [6.45, 7) is 5.04. The molecule has 26 heavy (non-hydrogen) atoms. The third kappa shape index (κ3) is 6.41. The maximum Gasteiger partial charge on any atom is 0.297 e. The summed E-state index contributed by atoms with van der Waals surface area (Å²) in [5.74, 6) is -0.277. The lowest BCUT2D eigenvalue weighted by Gasteiger charge is -2.10. The maximum atomic E-state index is 12.4. The highest BCUT2D eigenvalue weighted by atomic mass is 32.2. The first-order chi connectivity index (χ1) is 12.2. The van der Waals surface area contributed by atoms with Crippen molar-refractivity contribution in [3.05, 3.63) is 42.2 Å². The van der Waals surface area contributed by atoms with E-state index in [9.17, 15) is 13.2 Å². The fourth-order valence-electron chi connectivity index (χ4n) is 2.14. The summed E-state index contributed by atoms with van der Waals surface area (Å²) in [4.78, 5) is 12.4. The molecule has 1 aromatic carbocycles. The molecule has 1 heterocycles. The number of amides is 1. The molecule has 1 amide bonds. The molecular formula is C17H23N3O5S. The molecule has 0 spiro atoms. The van der Waals surface area contributed by atoms with Gasteiger partial charge in [0.15, 0.2) is 0 Å². The second-order valence-electron chi connectivity index (χ2n) is 5.99. The lowest BCUT2D eigenvalue weighted by molar-refractivity contribution is 0.101. The van der Waals surface area contributed by atoms with Crippen LogP contribution < -0.4 is 20.1 Å². The van der Waals surface area contributed by atoms with Crippen LogP contribution in [0.2, 0.25) is 0 Å². The quantitative estimate of drug-likeness (QED) is 0.575. The highest BCUT2D eigenvalue weighted by Crippen LogP contribution is 2.22. The first-order valence-corrected chi connectivity index (χ1v) is 9.96. The van der Waals surface area contributed by atoms with Crippen LogP contribution in [-0.2, 0) is 10.0 Å². The Kier molecular flexibility index (Phi) is 6.64. The van der Waals surface area contributed by atoms with Crippen LogP contribution in [0.3, 0.4) is 0 Å². The van der Waals surface area contributed by atoms with Crippen LogP contribution in [0, 0.1) is 0 Å². The lowest BCUT2D eigenvalue weighted by atomic mass is 10.2. The van der Waals surface area contributed by atoms with Crippen LogP contribution in [0.25, 0.3) is 0 Å². The standard InChI is InChI=1S/C17H23N3O5S/c1-12(2)18-8-10-25-17-15(7-9-24-17)16(21)19-13-5-4-6-14(11-13)20-26(3,22)23/h4-7,9,11-12,18,20H,8,10H2,1-3H3,(H,19,21). The molecule has 8 nitrogen and oxygen atoms in total. The number of sulfonamides is 1. The first-order valence-electron chi connectivity index (χ1n) is 8.07. The molecule has 0 atom stereocenters. The molecule has 0 fully saturated rings. The van der Waals surface area contributed by atoms with E-state index in [2.05, 4.69) is 15.4 Å². The van der Waals surface area contributed by atoms with E-state index < -0.39 is 15.9 Å². The molecule has 0 saturated carbocycles. The molecule has 0 bridgehead atoms. The van der Waals surface area contributed by atoms with Gasteiger partial charge in [-0.1, -0.05) is 19.9 Å². The van der Waals surface area contributed by atoms with Crippen molar-refractivity contribution in [2.24, 2.45) is 0 Å². The molecule has 0 saturated heterocycles. The third-order valence-corrected chi connectivity index (χ3v) is 3.79. The second kappa shape index (κ2) is 8.72. The van der Waals surface area contributed by atoms with Gasteiger partial charge >= 0.3 is 0 Å². The van der Waals surface area contributed by atoms with Gasteiger partial charge in [0.05, 0.1) is 18.2 Å². The second-order valence-corrected chi connectivity index (χ2v) is 7.74. The number of ether oxygens (including phenoxy) is 1. The molecule has 0 aliphatic carbocycles. The zero-order valence-electron chi connectivity index (χ0n) is 14.9. The van der Waals surface area contributed by atoms with Crippen molar-refractivity contribution in [2.75, 3.05) is 29.4 Å². The van der Waals surface area contributed by atoms with Crippen LogP contribution in [0.4, 0.5) is 11.4 Å². The Morgan fingerprint density at radius 1 is 1.23 bits per heavy atom. The summed E-state index contributed by atoms with van der Waals surface area (Å²) in [7, 11) is -3.40. The minimum Gasteiger partial charge on any atom is -0.463 e. The molecule has 9 heteroatoms. The molecule has 142 valence electrons. The number of furan rings is 1. The van der Waals surface area contributed by atoms with Gasteiger partial charge in [-0.3, -0.25) is 9.52 Å². The first kappa shape index (κ1) is 19.8. The number of carbonyl (C=O) groups excluding carboxylic acids is 1.